The highest BCUT2D eigenvalue weighted by molar-refractivity contribution is 5.87. The van der Waals surface area contributed by atoms with E-state index in [1.165, 1.54) is 17.7 Å². The van der Waals surface area contributed by atoms with Crippen LogP contribution in [0.25, 0.3) is 0 Å². The van der Waals surface area contributed by atoms with Gasteiger partial charge in [-0.2, -0.15) is 0 Å². The van der Waals surface area contributed by atoms with Gasteiger partial charge in [-0.25, -0.2) is 4.39 Å². The minimum atomic E-state index is -1.65. The third-order valence-corrected chi connectivity index (χ3v) is 6.48. The monoisotopic (exact) mass is 402 g/mol. The third-order valence-electron chi connectivity index (χ3n) is 6.48. The van der Waals surface area contributed by atoms with E-state index in [4.69, 9.17) is 0 Å². The number of rotatable bonds is 7. The smallest absolute Gasteiger partial charge is 0.257 e. The number of benzene rings is 1. The fourth-order valence-electron chi connectivity index (χ4n) is 4.75. The summed E-state index contributed by atoms with van der Waals surface area (Å²) < 4.78 is 13.8. The fraction of sp³-hybridized carbons (Fsp3) is 0.625. The minimum Gasteiger partial charge on any atom is -0.375 e. The highest BCUT2D eigenvalue weighted by Crippen LogP contribution is 2.41. The van der Waals surface area contributed by atoms with Gasteiger partial charge in [0.25, 0.3) is 5.91 Å². The van der Waals surface area contributed by atoms with Crippen LogP contribution in [0.3, 0.4) is 0 Å². The van der Waals surface area contributed by atoms with Crippen LogP contribution in [0.4, 0.5) is 4.39 Å². The summed E-state index contributed by atoms with van der Waals surface area (Å²) >= 11 is 0. The molecule has 1 saturated carbocycles. The number of carbonyl (C=O) groups excluding carboxylic acids is 1. The van der Waals surface area contributed by atoms with Crippen LogP contribution in [-0.4, -0.2) is 41.6 Å². The Kier molecular flexibility index (Phi) is 7.47. The van der Waals surface area contributed by atoms with Crippen LogP contribution in [0.2, 0.25) is 0 Å². The molecule has 0 radical (unpaired) electrons. The van der Waals surface area contributed by atoms with E-state index in [0.717, 1.165) is 64.6 Å². The Morgan fingerprint density at radius 3 is 2.55 bits per heavy atom. The van der Waals surface area contributed by atoms with E-state index < -0.39 is 11.4 Å². The largest absolute Gasteiger partial charge is 0.375 e. The van der Waals surface area contributed by atoms with Crippen molar-refractivity contribution in [2.45, 2.75) is 70.4 Å². The normalized spacial score (nSPS) is 21.0. The molecule has 4 nitrogen and oxygen atoms in total. The highest BCUT2D eigenvalue weighted by atomic mass is 19.1. The lowest BCUT2D eigenvalue weighted by molar-refractivity contribution is -0.148. The molecule has 2 N–H and O–H groups in total. The average Bonchev–Trinajstić information content (AvgIpc) is 3.23. The van der Waals surface area contributed by atoms with Crippen molar-refractivity contribution in [3.05, 3.63) is 47.3 Å². The van der Waals surface area contributed by atoms with Crippen LogP contribution in [0.5, 0.6) is 0 Å². The van der Waals surface area contributed by atoms with Crippen molar-refractivity contribution < 1.29 is 14.3 Å². The van der Waals surface area contributed by atoms with Crippen molar-refractivity contribution in [1.29, 1.82) is 0 Å². The Hall–Kier alpha value is -1.72. The second-order valence-corrected chi connectivity index (χ2v) is 8.92. The topological polar surface area (TPSA) is 52.6 Å². The summed E-state index contributed by atoms with van der Waals surface area (Å²) in [6.45, 7) is 7.17. The number of carbonyl (C=O) groups is 1. The molecule has 1 saturated heterocycles. The number of piperidine rings is 1. The Morgan fingerprint density at radius 2 is 1.93 bits per heavy atom. The van der Waals surface area contributed by atoms with Crippen LogP contribution in [0, 0.1) is 11.7 Å². The number of allylic oxidation sites excluding steroid dienone is 1. The molecular formula is C24H35FN2O2. The van der Waals surface area contributed by atoms with Gasteiger partial charge in [-0.15, -0.1) is 0 Å². The maximum absolute atomic E-state index is 13.8. The summed E-state index contributed by atoms with van der Waals surface area (Å²) in [6.07, 6.45) is 8.66. The van der Waals surface area contributed by atoms with Gasteiger partial charge < -0.3 is 15.3 Å². The highest BCUT2D eigenvalue weighted by Gasteiger charge is 2.47. The van der Waals surface area contributed by atoms with E-state index in [2.05, 4.69) is 30.1 Å². The standard InChI is InChI=1S/C24H35FN2O2/c1-18(2)7-6-14-27-15-12-22(13-16-27)26-23(28)24(29,19-8-3-4-9-19)20-10-5-11-21(25)17-20/h5,7,10-11,17,19,22,29H,3-4,6,8-9,12-16H2,1-2H3,(H,26,28). The number of nitrogens with one attached hydrogen (secondary N) is 1. The number of hydrogen-bond acceptors (Lipinski definition) is 3. The zero-order valence-corrected chi connectivity index (χ0v) is 17.8. The number of nitrogens with zero attached hydrogens (tertiary/aromatic N) is 1. The van der Waals surface area contributed by atoms with Gasteiger partial charge in [0.15, 0.2) is 5.60 Å². The Labute approximate surface area is 174 Å². The molecule has 160 valence electrons. The fourth-order valence-corrected chi connectivity index (χ4v) is 4.75. The van der Waals surface area contributed by atoms with Crippen molar-refractivity contribution in [3.8, 4) is 0 Å². The molecule has 3 rings (SSSR count). The molecule has 5 heteroatoms. The van der Waals surface area contributed by atoms with Crippen LogP contribution in [-0.2, 0) is 10.4 Å². The molecule has 2 aliphatic rings. The van der Waals surface area contributed by atoms with Gasteiger partial charge in [-0.3, -0.25) is 4.79 Å². The molecule has 29 heavy (non-hydrogen) atoms. The molecular weight excluding hydrogens is 367 g/mol. The first-order valence-electron chi connectivity index (χ1n) is 11.0. The molecule has 1 aromatic rings. The lowest BCUT2D eigenvalue weighted by Gasteiger charge is -2.37. The summed E-state index contributed by atoms with van der Waals surface area (Å²) in [4.78, 5) is 15.7. The van der Waals surface area contributed by atoms with E-state index in [1.807, 2.05) is 0 Å². The zero-order valence-electron chi connectivity index (χ0n) is 17.8. The molecule has 0 aromatic heterocycles. The van der Waals surface area contributed by atoms with E-state index >= 15 is 0 Å². The summed E-state index contributed by atoms with van der Waals surface area (Å²) in [7, 11) is 0. The maximum Gasteiger partial charge on any atom is 0.257 e. The molecule has 1 amide bonds. The second-order valence-electron chi connectivity index (χ2n) is 8.92. The molecule has 1 heterocycles. The van der Waals surface area contributed by atoms with Crippen molar-refractivity contribution >= 4 is 5.91 Å². The van der Waals surface area contributed by atoms with Gasteiger partial charge >= 0.3 is 0 Å². The third kappa shape index (κ3) is 5.46. The SMILES string of the molecule is CC(C)=CCCN1CCC(NC(=O)C(O)(c2cccc(F)c2)C2CCCC2)CC1. The second kappa shape index (κ2) is 9.86. The number of hydrogen-bond donors (Lipinski definition) is 2. The van der Waals surface area contributed by atoms with Gasteiger partial charge in [-0.05, 0) is 63.6 Å². The van der Waals surface area contributed by atoms with Crippen molar-refractivity contribution in [2.75, 3.05) is 19.6 Å². The quantitative estimate of drug-likeness (QED) is 0.674. The van der Waals surface area contributed by atoms with E-state index in [0.29, 0.717) is 5.56 Å². The molecule has 1 unspecified atom stereocenters. The summed E-state index contributed by atoms with van der Waals surface area (Å²) in [5.41, 5.74) is 0.0656. The van der Waals surface area contributed by atoms with Crippen molar-refractivity contribution in [1.82, 2.24) is 10.2 Å². The molecule has 1 aromatic carbocycles. The number of aliphatic hydroxyl groups is 1. The number of halogens is 1. The molecule has 1 aliphatic heterocycles. The van der Waals surface area contributed by atoms with Crippen molar-refractivity contribution in [2.24, 2.45) is 5.92 Å². The number of likely N-dealkylation sites (tertiary alicyclic amines) is 1. The first-order valence-corrected chi connectivity index (χ1v) is 11.0. The van der Waals surface area contributed by atoms with E-state index in [1.54, 1.807) is 12.1 Å². The predicted octanol–water partition coefficient (Wildman–Crippen LogP) is 4.14. The zero-order chi connectivity index (χ0) is 20.9. The first kappa shape index (κ1) is 22.0. The molecule has 0 bridgehead atoms. The lowest BCUT2D eigenvalue weighted by atomic mass is 9.79. The number of amides is 1. The van der Waals surface area contributed by atoms with Crippen LogP contribution < -0.4 is 5.32 Å². The van der Waals surface area contributed by atoms with E-state index in [-0.39, 0.29) is 17.9 Å². The Morgan fingerprint density at radius 1 is 1.24 bits per heavy atom. The molecule has 0 spiro atoms. The first-order chi connectivity index (χ1) is 13.9. The molecule has 2 fully saturated rings. The summed E-state index contributed by atoms with van der Waals surface area (Å²) in [6, 6.07) is 5.96. The van der Waals surface area contributed by atoms with Gasteiger partial charge in [0.05, 0.1) is 0 Å². The van der Waals surface area contributed by atoms with E-state index in [9.17, 15) is 14.3 Å². The van der Waals surface area contributed by atoms with Gasteiger partial charge in [0, 0.05) is 31.6 Å². The average molecular weight is 403 g/mol. The van der Waals surface area contributed by atoms with Gasteiger partial charge in [0.2, 0.25) is 0 Å². The van der Waals surface area contributed by atoms with Crippen LogP contribution in [0.15, 0.2) is 35.9 Å². The molecule has 1 atom stereocenters. The molecule has 1 aliphatic carbocycles. The predicted molar refractivity (Wildman–Crippen MR) is 114 cm³/mol. The lowest BCUT2D eigenvalue weighted by Crippen LogP contribution is -2.54. The Balaban J connectivity index is 1.63. The summed E-state index contributed by atoms with van der Waals surface area (Å²) in [5, 5.41) is 14.6. The Bertz CT molecular complexity index is 717. The van der Waals surface area contributed by atoms with Crippen LogP contribution >= 0.6 is 0 Å². The van der Waals surface area contributed by atoms with Gasteiger partial charge in [-0.1, -0.05) is 36.6 Å². The van der Waals surface area contributed by atoms with Gasteiger partial charge in [0.1, 0.15) is 5.82 Å². The van der Waals surface area contributed by atoms with Crippen LogP contribution in [0.1, 0.15) is 64.4 Å². The minimum absolute atomic E-state index is 0.0590. The maximum atomic E-state index is 13.8. The van der Waals surface area contributed by atoms with Crippen molar-refractivity contribution in [3.63, 3.8) is 0 Å². The summed E-state index contributed by atoms with van der Waals surface area (Å²) in [5.74, 6) is -0.942.